The third-order valence-corrected chi connectivity index (χ3v) is 3.02. The molecule has 0 radical (unpaired) electrons. The lowest BCUT2D eigenvalue weighted by atomic mass is 10.0. The molecule has 2 amide bonds. The van der Waals surface area contributed by atoms with Gasteiger partial charge in [0, 0.05) is 24.1 Å². The molecule has 1 aromatic rings. The molecule has 4 N–H and O–H groups in total. The van der Waals surface area contributed by atoms with Crippen LogP contribution < -0.4 is 11.1 Å². The number of hydrogen-bond acceptors (Lipinski definition) is 3. The van der Waals surface area contributed by atoms with E-state index in [0.29, 0.717) is 24.1 Å². The summed E-state index contributed by atoms with van der Waals surface area (Å²) in [5.41, 5.74) is 5.84. The van der Waals surface area contributed by atoms with E-state index in [9.17, 15) is 14.4 Å². The first-order valence-corrected chi connectivity index (χ1v) is 6.33. The molecule has 108 valence electrons. The summed E-state index contributed by atoms with van der Waals surface area (Å²) in [6, 6.07) is 5.97. The molecular weight excluding hydrogens is 260 g/mol. The molecule has 0 aliphatic rings. The van der Waals surface area contributed by atoms with Gasteiger partial charge in [-0.2, -0.15) is 0 Å². The van der Waals surface area contributed by atoms with Crippen molar-refractivity contribution in [2.45, 2.75) is 19.8 Å². The number of benzene rings is 1. The fraction of sp³-hybridized carbons (Fsp3) is 0.357. The number of aliphatic carboxylic acids is 1. The standard InChI is InChI=1S/C14H18N2O4/c1-2-9(7-12(17)18)8-16-14(20)11-5-3-10(4-6-11)13(15)19/h3-6,9H,2,7-8H2,1H3,(H2,15,19)(H,16,20)(H,17,18). The summed E-state index contributed by atoms with van der Waals surface area (Å²) in [5, 5.41) is 11.4. The van der Waals surface area contributed by atoms with Crippen molar-refractivity contribution in [3.63, 3.8) is 0 Å². The van der Waals surface area contributed by atoms with Crippen molar-refractivity contribution >= 4 is 17.8 Å². The first-order valence-electron chi connectivity index (χ1n) is 6.33. The van der Waals surface area contributed by atoms with Crippen LogP contribution in [0.15, 0.2) is 24.3 Å². The van der Waals surface area contributed by atoms with E-state index in [2.05, 4.69) is 5.32 Å². The minimum Gasteiger partial charge on any atom is -0.481 e. The van der Waals surface area contributed by atoms with E-state index in [0.717, 1.165) is 0 Å². The van der Waals surface area contributed by atoms with Crippen LogP contribution in [0, 0.1) is 5.92 Å². The molecule has 6 heteroatoms. The van der Waals surface area contributed by atoms with Crippen molar-refractivity contribution in [3.8, 4) is 0 Å². The van der Waals surface area contributed by atoms with Gasteiger partial charge in [-0.1, -0.05) is 13.3 Å². The van der Waals surface area contributed by atoms with Crippen LogP contribution in [-0.2, 0) is 4.79 Å². The molecule has 0 saturated carbocycles. The van der Waals surface area contributed by atoms with Gasteiger partial charge in [-0.15, -0.1) is 0 Å². The zero-order chi connectivity index (χ0) is 15.1. The Morgan fingerprint density at radius 1 is 1.20 bits per heavy atom. The summed E-state index contributed by atoms with van der Waals surface area (Å²) in [6.07, 6.45) is 0.699. The molecular formula is C14H18N2O4. The van der Waals surface area contributed by atoms with E-state index >= 15 is 0 Å². The van der Waals surface area contributed by atoms with E-state index in [1.165, 1.54) is 24.3 Å². The van der Waals surface area contributed by atoms with Gasteiger partial charge >= 0.3 is 5.97 Å². The lowest BCUT2D eigenvalue weighted by molar-refractivity contribution is -0.138. The Balaban J connectivity index is 2.57. The maximum Gasteiger partial charge on any atom is 0.303 e. The van der Waals surface area contributed by atoms with Crippen molar-refractivity contribution in [3.05, 3.63) is 35.4 Å². The largest absolute Gasteiger partial charge is 0.481 e. The van der Waals surface area contributed by atoms with Crippen LogP contribution in [0.1, 0.15) is 40.5 Å². The number of nitrogens with one attached hydrogen (secondary N) is 1. The number of rotatable bonds is 7. The number of carbonyl (C=O) groups is 3. The van der Waals surface area contributed by atoms with E-state index in [1.807, 2.05) is 6.92 Å². The zero-order valence-electron chi connectivity index (χ0n) is 11.3. The van der Waals surface area contributed by atoms with Crippen molar-refractivity contribution < 1.29 is 19.5 Å². The average molecular weight is 278 g/mol. The first-order chi connectivity index (χ1) is 9.43. The van der Waals surface area contributed by atoms with E-state index < -0.39 is 11.9 Å². The second-order valence-corrected chi connectivity index (χ2v) is 4.52. The predicted octanol–water partition coefficient (Wildman–Crippen LogP) is 1.02. The first kappa shape index (κ1) is 15.7. The van der Waals surface area contributed by atoms with Crippen LogP contribution in [0.2, 0.25) is 0 Å². The highest BCUT2D eigenvalue weighted by molar-refractivity contribution is 5.97. The molecule has 1 rings (SSSR count). The Labute approximate surface area is 117 Å². The highest BCUT2D eigenvalue weighted by Crippen LogP contribution is 2.08. The van der Waals surface area contributed by atoms with Crippen molar-refractivity contribution in [1.29, 1.82) is 0 Å². The van der Waals surface area contributed by atoms with Gasteiger partial charge in [0.2, 0.25) is 5.91 Å². The molecule has 0 fully saturated rings. The SMILES string of the molecule is CCC(CNC(=O)c1ccc(C(N)=O)cc1)CC(=O)O. The molecule has 0 aliphatic heterocycles. The minimum absolute atomic E-state index is 0.0252. The monoisotopic (exact) mass is 278 g/mol. The summed E-state index contributed by atoms with van der Waals surface area (Å²) in [7, 11) is 0. The van der Waals surface area contributed by atoms with Crippen LogP contribution >= 0.6 is 0 Å². The van der Waals surface area contributed by atoms with Crippen LogP contribution in [0.25, 0.3) is 0 Å². The fourth-order valence-electron chi connectivity index (χ4n) is 1.73. The molecule has 1 atom stereocenters. The van der Waals surface area contributed by atoms with Crippen molar-refractivity contribution in [2.24, 2.45) is 11.7 Å². The average Bonchev–Trinajstić information content (AvgIpc) is 2.42. The summed E-state index contributed by atoms with van der Waals surface area (Å²) in [5.74, 6) is -1.83. The summed E-state index contributed by atoms with van der Waals surface area (Å²) >= 11 is 0. The Morgan fingerprint density at radius 2 is 1.75 bits per heavy atom. The molecule has 20 heavy (non-hydrogen) atoms. The number of nitrogens with two attached hydrogens (primary N) is 1. The maximum absolute atomic E-state index is 11.9. The predicted molar refractivity (Wildman–Crippen MR) is 73.3 cm³/mol. The molecule has 0 aromatic heterocycles. The number of carbonyl (C=O) groups excluding carboxylic acids is 2. The van der Waals surface area contributed by atoms with E-state index in [-0.39, 0.29) is 18.2 Å². The lowest BCUT2D eigenvalue weighted by Gasteiger charge is -2.13. The molecule has 0 bridgehead atoms. The Bertz CT molecular complexity index is 496. The van der Waals surface area contributed by atoms with E-state index in [1.54, 1.807) is 0 Å². The Morgan fingerprint density at radius 3 is 2.20 bits per heavy atom. The molecule has 0 saturated heterocycles. The molecule has 0 spiro atoms. The number of carboxylic acid groups (broad SMARTS) is 1. The molecule has 1 aromatic carbocycles. The van der Waals surface area contributed by atoms with Crippen LogP contribution in [0.5, 0.6) is 0 Å². The maximum atomic E-state index is 11.9. The highest BCUT2D eigenvalue weighted by Gasteiger charge is 2.13. The van der Waals surface area contributed by atoms with Gasteiger partial charge in [0.15, 0.2) is 0 Å². The second-order valence-electron chi connectivity index (χ2n) is 4.52. The summed E-state index contributed by atoms with van der Waals surface area (Å²) in [4.78, 5) is 33.4. The van der Waals surface area contributed by atoms with Crippen LogP contribution in [0.4, 0.5) is 0 Å². The number of carboxylic acids is 1. The summed E-state index contributed by atoms with van der Waals surface area (Å²) < 4.78 is 0. The summed E-state index contributed by atoms with van der Waals surface area (Å²) in [6.45, 7) is 2.18. The van der Waals surface area contributed by atoms with Gasteiger partial charge < -0.3 is 16.2 Å². The fourth-order valence-corrected chi connectivity index (χ4v) is 1.73. The van der Waals surface area contributed by atoms with Crippen LogP contribution in [0.3, 0.4) is 0 Å². The molecule has 6 nitrogen and oxygen atoms in total. The van der Waals surface area contributed by atoms with Crippen molar-refractivity contribution in [1.82, 2.24) is 5.32 Å². The van der Waals surface area contributed by atoms with E-state index in [4.69, 9.17) is 10.8 Å². The Hall–Kier alpha value is -2.37. The highest BCUT2D eigenvalue weighted by atomic mass is 16.4. The normalized spacial score (nSPS) is 11.7. The van der Waals surface area contributed by atoms with Gasteiger partial charge in [0.05, 0.1) is 0 Å². The van der Waals surface area contributed by atoms with Gasteiger partial charge in [-0.25, -0.2) is 0 Å². The van der Waals surface area contributed by atoms with Gasteiger partial charge in [0.25, 0.3) is 5.91 Å². The number of primary amides is 1. The smallest absolute Gasteiger partial charge is 0.303 e. The third-order valence-electron chi connectivity index (χ3n) is 3.02. The van der Waals surface area contributed by atoms with Gasteiger partial charge in [0.1, 0.15) is 0 Å². The second kappa shape index (κ2) is 7.28. The third kappa shape index (κ3) is 4.72. The zero-order valence-corrected chi connectivity index (χ0v) is 11.3. The lowest BCUT2D eigenvalue weighted by Crippen LogP contribution is -2.30. The van der Waals surface area contributed by atoms with Gasteiger partial charge in [-0.3, -0.25) is 14.4 Å². The van der Waals surface area contributed by atoms with Crippen molar-refractivity contribution in [2.75, 3.05) is 6.54 Å². The Kier molecular flexibility index (Phi) is 5.71. The van der Waals surface area contributed by atoms with Crippen LogP contribution in [-0.4, -0.2) is 29.4 Å². The molecule has 1 unspecified atom stereocenters. The number of amides is 2. The minimum atomic E-state index is -0.878. The quantitative estimate of drug-likeness (QED) is 0.691. The van der Waals surface area contributed by atoms with Gasteiger partial charge in [-0.05, 0) is 30.2 Å². The molecule has 0 heterocycles. The topological polar surface area (TPSA) is 109 Å². The molecule has 0 aliphatic carbocycles. The number of hydrogen-bond donors (Lipinski definition) is 3.